The molecule has 0 heterocycles. The van der Waals surface area contributed by atoms with Crippen LogP contribution in [0.15, 0.2) is 24.3 Å². The molecule has 0 saturated carbocycles. The van der Waals surface area contributed by atoms with Crippen molar-refractivity contribution in [1.82, 2.24) is 0 Å². The van der Waals surface area contributed by atoms with Crippen LogP contribution in [0.5, 0.6) is 0 Å². The molecule has 0 spiro atoms. The number of aryl methyl sites for hydroxylation is 1. The van der Waals surface area contributed by atoms with E-state index in [1.807, 2.05) is 0 Å². The fourth-order valence-corrected chi connectivity index (χ4v) is 7.16. The zero-order valence-electron chi connectivity index (χ0n) is 29.0. The summed E-state index contributed by atoms with van der Waals surface area (Å²) in [5.74, 6) is -70.2. The van der Waals surface area contributed by atoms with E-state index in [4.69, 9.17) is 0 Å². The summed E-state index contributed by atoms with van der Waals surface area (Å²) in [5, 5.41) is 0. The molecule has 0 aliphatic heterocycles. The van der Waals surface area contributed by atoms with Gasteiger partial charge in [0.15, 0.2) is 69.8 Å². The minimum absolute atomic E-state index is 0.523. The molecular weight excluding hydrogens is 855 g/mol. The minimum Gasteiger partial charge on any atom is -0.207 e. The number of hydrogen-bond donors (Lipinski definition) is 0. The molecule has 0 aliphatic rings. The smallest absolute Gasteiger partial charge is 0.200 e. The van der Waals surface area contributed by atoms with Crippen LogP contribution in [-0.2, 0) is 23.1 Å². The van der Waals surface area contributed by atoms with Crippen LogP contribution in [0.3, 0.4) is 0 Å². The lowest BCUT2D eigenvalue weighted by Gasteiger charge is -2.44. The summed E-state index contributed by atoms with van der Waals surface area (Å²) < 4.78 is 294. The molecule has 312 valence electrons. The molecule has 5 aromatic carbocycles. The van der Waals surface area contributed by atoms with Gasteiger partial charge in [0.25, 0.3) is 0 Å². The Kier molecular flexibility index (Phi) is 13.5. The molecule has 5 aromatic rings. The van der Waals surface area contributed by atoms with Crippen molar-refractivity contribution in [2.45, 2.75) is 25.5 Å². The van der Waals surface area contributed by atoms with Crippen molar-refractivity contribution in [3.8, 4) is 0 Å². The van der Waals surface area contributed by atoms with Gasteiger partial charge in [0.2, 0.25) is 0 Å². The Hall–Kier alpha value is -4.89. The molecule has 0 bridgehead atoms. The number of halogens is 20. The molecular formula is C36H19BF20S. The third kappa shape index (κ3) is 7.35. The van der Waals surface area contributed by atoms with Gasteiger partial charge in [-0.1, -0.05) is 37.6 Å². The fraction of sp³-hybridized carbons (Fsp3) is 0.167. The van der Waals surface area contributed by atoms with Gasteiger partial charge in [0, 0.05) is 5.56 Å². The van der Waals surface area contributed by atoms with Gasteiger partial charge in [0.05, 0.1) is 12.5 Å². The molecule has 0 aliphatic carbocycles. The topological polar surface area (TPSA) is 0 Å². The van der Waals surface area contributed by atoms with Crippen molar-refractivity contribution >= 4 is 38.9 Å². The standard InChI is InChI=1S/C24BF20.C12H19S/c26-5-1(6(27)14(35)21(42)13(5)34)25(2-7(28)15(36)22(43)16(37)8(2)29,3-9(30)17(38)23(44)18(39)10(3)31)4-11(32)19(40)24(45)20(41)12(4)33;1-4-5-11-6-8-12(9-7-11)10-13(2)3/h;6-9H,4-5,10H2,1-3H3/q-1;+1. The van der Waals surface area contributed by atoms with Crippen molar-refractivity contribution in [2.24, 2.45) is 0 Å². The van der Waals surface area contributed by atoms with E-state index in [0.29, 0.717) is 10.9 Å². The van der Waals surface area contributed by atoms with E-state index in [1.165, 1.54) is 29.7 Å². The zero-order valence-corrected chi connectivity index (χ0v) is 29.8. The van der Waals surface area contributed by atoms with Gasteiger partial charge < -0.3 is 0 Å². The maximum Gasteiger partial charge on any atom is 0.200 e. The monoisotopic (exact) mass is 874 g/mol. The average Bonchev–Trinajstić information content (AvgIpc) is 3.18. The summed E-state index contributed by atoms with van der Waals surface area (Å²) in [6.45, 7) is 2.23. The first-order valence-corrected chi connectivity index (χ1v) is 18.0. The summed E-state index contributed by atoms with van der Waals surface area (Å²) in [6.07, 6.45) is -0.180. The molecule has 0 fully saturated rings. The lowest BCUT2D eigenvalue weighted by Crippen LogP contribution is -2.81. The second-order valence-electron chi connectivity index (χ2n) is 12.5. The molecule has 0 unspecified atom stereocenters. The summed E-state index contributed by atoms with van der Waals surface area (Å²) >= 11 is 0. The molecule has 0 aromatic heterocycles. The second-order valence-corrected chi connectivity index (χ2v) is 14.8. The fourth-order valence-electron chi connectivity index (χ4n) is 6.30. The Balaban J connectivity index is 0.000000486. The van der Waals surface area contributed by atoms with Gasteiger partial charge in [-0.05, 0) is 22.9 Å². The van der Waals surface area contributed by atoms with Crippen molar-refractivity contribution in [3.63, 3.8) is 0 Å². The van der Waals surface area contributed by atoms with Gasteiger partial charge in [-0.2, -0.15) is 0 Å². The Labute approximate surface area is 316 Å². The molecule has 5 rings (SSSR count). The van der Waals surface area contributed by atoms with Gasteiger partial charge in [0.1, 0.15) is 58.4 Å². The van der Waals surface area contributed by atoms with Crippen LogP contribution in [0.4, 0.5) is 87.8 Å². The van der Waals surface area contributed by atoms with Crippen molar-refractivity contribution < 1.29 is 87.8 Å². The third-order valence-electron chi connectivity index (χ3n) is 8.72. The van der Waals surface area contributed by atoms with Gasteiger partial charge in [-0.15, -0.1) is 21.9 Å². The highest BCUT2D eigenvalue weighted by Crippen LogP contribution is 2.30. The van der Waals surface area contributed by atoms with E-state index in [1.54, 1.807) is 0 Å². The van der Waals surface area contributed by atoms with Crippen LogP contribution >= 0.6 is 0 Å². The molecule has 0 radical (unpaired) electrons. The summed E-state index contributed by atoms with van der Waals surface area (Å²) in [4.78, 5) is 0. The highest BCUT2D eigenvalue weighted by Gasteiger charge is 2.52. The van der Waals surface area contributed by atoms with E-state index in [-0.39, 0.29) is 0 Å². The molecule has 22 heteroatoms. The lowest BCUT2D eigenvalue weighted by atomic mass is 9.12. The Morgan fingerprint density at radius 3 is 0.707 bits per heavy atom. The van der Waals surface area contributed by atoms with Crippen molar-refractivity contribution in [2.75, 3.05) is 12.5 Å². The van der Waals surface area contributed by atoms with Crippen LogP contribution in [0, 0.1) is 116 Å². The minimum atomic E-state index is -7.22. The number of rotatable bonds is 8. The van der Waals surface area contributed by atoms with E-state index < -0.39 is 144 Å². The number of benzene rings is 5. The predicted molar refractivity (Wildman–Crippen MR) is 173 cm³/mol. The van der Waals surface area contributed by atoms with Crippen molar-refractivity contribution in [3.05, 3.63) is 152 Å². The van der Waals surface area contributed by atoms with Gasteiger partial charge in [-0.3, -0.25) is 0 Å². The van der Waals surface area contributed by atoms with Crippen molar-refractivity contribution in [1.29, 1.82) is 0 Å². The first-order valence-electron chi connectivity index (χ1n) is 15.8. The van der Waals surface area contributed by atoms with E-state index in [9.17, 15) is 52.7 Å². The summed E-state index contributed by atoms with van der Waals surface area (Å²) in [5.41, 5.74) is -11.4. The van der Waals surface area contributed by atoms with Crippen LogP contribution in [-0.4, -0.2) is 18.7 Å². The summed E-state index contributed by atoms with van der Waals surface area (Å²) in [7, 11) is 0.523. The predicted octanol–water partition coefficient (Wildman–Crippen LogP) is 8.86. The molecule has 0 N–H and O–H groups in total. The highest BCUT2D eigenvalue weighted by molar-refractivity contribution is 7.94. The molecule has 58 heavy (non-hydrogen) atoms. The molecule has 0 atom stereocenters. The molecule has 0 nitrogen and oxygen atoms in total. The Morgan fingerprint density at radius 1 is 0.328 bits per heavy atom. The van der Waals surface area contributed by atoms with E-state index in [2.05, 4.69) is 43.7 Å². The Morgan fingerprint density at radius 2 is 0.517 bits per heavy atom. The molecule has 0 saturated heterocycles. The van der Waals surface area contributed by atoms with Crippen LogP contribution in [0.1, 0.15) is 24.5 Å². The maximum atomic E-state index is 15.4. The van der Waals surface area contributed by atoms with Gasteiger partial charge >= 0.3 is 0 Å². The largest absolute Gasteiger partial charge is 0.207 e. The van der Waals surface area contributed by atoms with E-state index in [0.717, 1.165) is 0 Å². The Bertz CT molecular complexity index is 2030. The van der Waals surface area contributed by atoms with Gasteiger partial charge in [-0.25, -0.2) is 87.8 Å². The number of hydrogen-bond acceptors (Lipinski definition) is 0. The average molecular weight is 874 g/mol. The van der Waals surface area contributed by atoms with Crippen LogP contribution in [0.2, 0.25) is 0 Å². The van der Waals surface area contributed by atoms with Crippen LogP contribution in [0.25, 0.3) is 0 Å². The first-order chi connectivity index (χ1) is 26.9. The third-order valence-corrected chi connectivity index (χ3v) is 9.63. The highest BCUT2D eigenvalue weighted by atomic mass is 32.2. The molecule has 0 amide bonds. The second kappa shape index (κ2) is 17.1. The SMILES string of the molecule is CCCc1ccc(C[S+](C)C)cc1.Fc1c(F)c(F)c([B-](c2c(F)c(F)c(F)c(F)c2F)(c2c(F)c(F)c(F)c(F)c2F)c2c(F)c(F)c(F)c(F)c2F)c(F)c1F. The summed E-state index contributed by atoms with van der Waals surface area (Å²) in [6, 6.07) is 9.09. The lowest BCUT2D eigenvalue weighted by molar-refractivity contribution is 0.378. The normalized spacial score (nSPS) is 11.7. The zero-order chi connectivity index (χ0) is 44.0. The maximum absolute atomic E-state index is 15.4. The quantitative estimate of drug-likeness (QED) is 0.0481. The first kappa shape index (κ1) is 45.8. The van der Waals surface area contributed by atoms with Crippen LogP contribution < -0.4 is 21.9 Å². The van der Waals surface area contributed by atoms with E-state index >= 15 is 35.1 Å².